The highest BCUT2D eigenvalue weighted by Crippen LogP contribution is 2.34. The molecule has 0 spiro atoms. The van der Waals surface area contributed by atoms with Gasteiger partial charge in [0.15, 0.2) is 0 Å². The Bertz CT molecular complexity index is 2150. The largest absolute Gasteiger partial charge is 0.497 e. The highest BCUT2D eigenvalue weighted by molar-refractivity contribution is 5.61. The van der Waals surface area contributed by atoms with E-state index in [2.05, 4.69) is 20.3 Å². The highest BCUT2D eigenvalue weighted by Gasteiger charge is 2.32. The van der Waals surface area contributed by atoms with Crippen LogP contribution in [0.1, 0.15) is 41.0 Å². The van der Waals surface area contributed by atoms with E-state index < -0.39 is 17.5 Å². The van der Waals surface area contributed by atoms with E-state index in [-0.39, 0.29) is 60.2 Å². The summed E-state index contributed by atoms with van der Waals surface area (Å²) >= 11 is 0. The fourth-order valence-electron chi connectivity index (χ4n) is 5.91. The van der Waals surface area contributed by atoms with E-state index >= 15 is 8.78 Å². The molecule has 3 aromatic heterocycles. The number of hydrogen-bond acceptors (Lipinski definition) is 9. The molecular weight excluding hydrogens is 663 g/mol. The Labute approximate surface area is 291 Å². The normalized spacial score (nSPS) is 15.6. The summed E-state index contributed by atoms with van der Waals surface area (Å²) in [4.78, 5) is 4.35. The van der Waals surface area contributed by atoms with Gasteiger partial charge in [-0.2, -0.15) is 0 Å². The van der Waals surface area contributed by atoms with Gasteiger partial charge in [0.2, 0.25) is 17.5 Å². The molecule has 2 atom stereocenters. The lowest BCUT2D eigenvalue weighted by atomic mass is 10.0. The second kappa shape index (κ2) is 14.7. The molecule has 1 aliphatic rings. The van der Waals surface area contributed by atoms with Crippen LogP contribution in [0, 0.1) is 30.3 Å². The molecule has 7 rings (SSSR count). The van der Waals surface area contributed by atoms with E-state index in [0.29, 0.717) is 36.2 Å². The van der Waals surface area contributed by atoms with Crippen LogP contribution < -0.4 is 14.2 Å². The van der Waals surface area contributed by atoms with Crippen molar-refractivity contribution in [2.75, 3.05) is 20.3 Å². The van der Waals surface area contributed by atoms with Crippen LogP contribution in [-0.2, 0) is 24.4 Å². The molecule has 1 saturated heterocycles. The number of ether oxygens (including phenoxy) is 4. The van der Waals surface area contributed by atoms with E-state index in [1.54, 1.807) is 50.4 Å². The lowest BCUT2D eigenvalue weighted by Crippen LogP contribution is -2.19. The van der Waals surface area contributed by atoms with Gasteiger partial charge in [-0.3, -0.25) is 0 Å². The van der Waals surface area contributed by atoms with Gasteiger partial charge in [-0.15, -0.1) is 10.2 Å². The van der Waals surface area contributed by atoms with Gasteiger partial charge in [0.1, 0.15) is 42.2 Å². The summed E-state index contributed by atoms with van der Waals surface area (Å²) in [5.41, 5.74) is 2.24. The number of nitrogens with zero attached hydrogens (tertiary/aromatic N) is 5. The number of aryl methyl sites for hydroxylation is 1. The average Bonchev–Trinajstić information content (AvgIpc) is 3.88. The van der Waals surface area contributed by atoms with Crippen LogP contribution in [0.5, 0.6) is 17.5 Å². The molecule has 0 amide bonds. The first-order chi connectivity index (χ1) is 24.7. The SMILES string of the molecule is COc1ccc(COc2cc(-c3nnc(Cc4cc(F)c(-c5cccc(OCc6ccc(C)cc6F)n5)cc4F)n3[C@H]3COC[C@H]3C)on2)cc1. The average molecular weight is 698 g/mol. The Morgan fingerprint density at radius 3 is 2.39 bits per heavy atom. The summed E-state index contributed by atoms with van der Waals surface area (Å²) in [6, 6.07) is 20.7. The van der Waals surface area contributed by atoms with Gasteiger partial charge in [-0.25, -0.2) is 18.2 Å². The lowest BCUT2D eigenvalue weighted by Gasteiger charge is -2.19. The van der Waals surface area contributed by atoms with E-state index in [0.717, 1.165) is 29.0 Å². The molecule has 0 N–H and O–H groups in total. The molecule has 13 heteroatoms. The van der Waals surface area contributed by atoms with Crippen molar-refractivity contribution in [1.82, 2.24) is 24.9 Å². The third-order valence-corrected chi connectivity index (χ3v) is 8.75. The minimum Gasteiger partial charge on any atom is -0.497 e. The van der Waals surface area contributed by atoms with Crippen molar-refractivity contribution in [2.45, 2.75) is 39.5 Å². The molecule has 262 valence electrons. The van der Waals surface area contributed by atoms with Crippen molar-refractivity contribution in [3.8, 4) is 40.4 Å². The zero-order valence-electron chi connectivity index (χ0n) is 28.1. The predicted molar refractivity (Wildman–Crippen MR) is 180 cm³/mol. The number of benzene rings is 3. The standard InChI is InChI=1S/C38H34F3N5O5/c1-22-7-10-25(29(39)13-22)20-50-36-6-4-5-32(42-36)28-16-30(40)26(14-31(28)41)15-35-43-44-38(46(35)33-21-48-18-23(33)2)34-17-37(45-51-34)49-19-24-8-11-27(47-3)12-9-24/h4-14,16-17,23,33H,15,18-21H2,1-3H3/t23-,33+/m1/s1. The maximum absolute atomic E-state index is 15.7. The second-order valence-corrected chi connectivity index (χ2v) is 12.4. The molecule has 1 aliphatic heterocycles. The number of aromatic nitrogens is 5. The first kappa shape index (κ1) is 33.8. The first-order valence-corrected chi connectivity index (χ1v) is 16.3. The number of halogens is 3. The van der Waals surface area contributed by atoms with Crippen molar-refractivity contribution in [3.05, 3.63) is 124 Å². The fraction of sp³-hybridized carbons (Fsp3) is 0.263. The summed E-state index contributed by atoms with van der Waals surface area (Å²) < 4.78 is 75.6. The van der Waals surface area contributed by atoms with Gasteiger partial charge in [0, 0.05) is 29.5 Å². The Hall–Kier alpha value is -5.69. The number of hydrogen-bond donors (Lipinski definition) is 0. The quantitative estimate of drug-likeness (QED) is 0.127. The monoisotopic (exact) mass is 697 g/mol. The molecule has 4 heterocycles. The summed E-state index contributed by atoms with van der Waals surface area (Å²) in [5.74, 6) is 0.553. The molecule has 0 aliphatic carbocycles. The predicted octanol–water partition coefficient (Wildman–Crippen LogP) is 7.69. The molecule has 1 fully saturated rings. The maximum Gasteiger partial charge on any atom is 0.255 e. The van der Waals surface area contributed by atoms with Crippen molar-refractivity contribution < 1.29 is 36.6 Å². The number of rotatable bonds is 12. The molecule has 0 saturated carbocycles. The summed E-state index contributed by atoms with van der Waals surface area (Å²) in [5, 5.41) is 12.8. The zero-order chi connectivity index (χ0) is 35.5. The van der Waals surface area contributed by atoms with E-state index in [1.165, 1.54) is 6.07 Å². The van der Waals surface area contributed by atoms with Gasteiger partial charge in [0.25, 0.3) is 5.88 Å². The summed E-state index contributed by atoms with van der Waals surface area (Å²) in [6.07, 6.45) is -0.0626. The topological polar surface area (TPSA) is 107 Å². The molecule has 6 aromatic rings. The van der Waals surface area contributed by atoms with E-state index in [1.807, 2.05) is 35.8 Å². The second-order valence-electron chi connectivity index (χ2n) is 12.4. The first-order valence-electron chi connectivity index (χ1n) is 16.3. The smallest absolute Gasteiger partial charge is 0.255 e. The van der Waals surface area contributed by atoms with Gasteiger partial charge in [-0.05, 0) is 65.2 Å². The van der Waals surface area contributed by atoms with Gasteiger partial charge in [-0.1, -0.05) is 37.3 Å². The van der Waals surface area contributed by atoms with Gasteiger partial charge >= 0.3 is 0 Å². The summed E-state index contributed by atoms with van der Waals surface area (Å²) in [6.45, 7) is 4.90. The zero-order valence-corrected chi connectivity index (χ0v) is 28.1. The van der Waals surface area contributed by atoms with Gasteiger partial charge < -0.3 is 28.0 Å². The Balaban J connectivity index is 1.11. The number of pyridine rings is 1. The van der Waals surface area contributed by atoms with Crippen LogP contribution in [0.15, 0.2) is 83.4 Å². The van der Waals surface area contributed by atoms with Crippen LogP contribution in [0.2, 0.25) is 0 Å². The Kier molecular flexibility index (Phi) is 9.71. The van der Waals surface area contributed by atoms with E-state index in [4.69, 9.17) is 23.5 Å². The van der Waals surface area contributed by atoms with Crippen LogP contribution in [-0.4, -0.2) is 45.2 Å². The van der Waals surface area contributed by atoms with Crippen LogP contribution >= 0.6 is 0 Å². The van der Waals surface area contributed by atoms with Gasteiger partial charge in [0.05, 0.1) is 38.1 Å². The summed E-state index contributed by atoms with van der Waals surface area (Å²) in [7, 11) is 1.60. The Morgan fingerprint density at radius 1 is 0.824 bits per heavy atom. The van der Waals surface area contributed by atoms with Crippen molar-refractivity contribution in [3.63, 3.8) is 0 Å². The minimum absolute atomic E-state index is 0.0491. The van der Waals surface area contributed by atoms with Crippen molar-refractivity contribution >= 4 is 0 Å². The van der Waals surface area contributed by atoms with E-state index in [9.17, 15) is 4.39 Å². The number of methoxy groups -OCH3 is 1. The Morgan fingerprint density at radius 2 is 1.63 bits per heavy atom. The lowest BCUT2D eigenvalue weighted by molar-refractivity contribution is 0.182. The van der Waals surface area contributed by atoms with Crippen molar-refractivity contribution in [2.24, 2.45) is 5.92 Å². The molecule has 10 nitrogen and oxygen atoms in total. The molecular formula is C38H34F3N5O5. The third-order valence-electron chi connectivity index (χ3n) is 8.75. The van der Waals surface area contributed by atoms with Crippen LogP contribution in [0.4, 0.5) is 13.2 Å². The minimum atomic E-state index is -0.682. The van der Waals surface area contributed by atoms with Crippen LogP contribution in [0.25, 0.3) is 22.8 Å². The highest BCUT2D eigenvalue weighted by atomic mass is 19.1. The molecule has 51 heavy (non-hydrogen) atoms. The van der Waals surface area contributed by atoms with Crippen LogP contribution in [0.3, 0.4) is 0 Å². The molecule has 0 radical (unpaired) electrons. The molecule has 0 bridgehead atoms. The third kappa shape index (κ3) is 7.43. The fourth-order valence-corrected chi connectivity index (χ4v) is 5.91. The van der Waals surface area contributed by atoms with Crippen molar-refractivity contribution in [1.29, 1.82) is 0 Å². The molecule has 0 unspecified atom stereocenters. The molecule has 3 aromatic carbocycles. The maximum atomic E-state index is 15.7.